The molecule has 0 radical (unpaired) electrons. The first-order valence-corrected chi connectivity index (χ1v) is 3.99. The quantitative estimate of drug-likeness (QED) is 0.587. The van der Waals surface area contributed by atoms with Crippen LogP contribution < -0.4 is 0 Å². The van der Waals surface area contributed by atoms with Gasteiger partial charge < -0.3 is 10.2 Å². The average molecular weight is 172 g/mol. The molecule has 4 nitrogen and oxygen atoms in total. The molecule has 0 saturated carbocycles. The van der Waals surface area contributed by atoms with Crippen molar-refractivity contribution >= 4 is 18.7 Å². The van der Waals surface area contributed by atoms with Crippen molar-refractivity contribution in [3.8, 4) is 0 Å². The molecule has 0 aliphatic heterocycles. The van der Waals surface area contributed by atoms with Gasteiger partial charge in [0, 0.05) is 12.6 Å². The molecule has 0 bridgehead atoms. The summed E-state index contributed by atoms with van der Waals surface area (Å²) >= 11 is 0. The van der Waals surface area contributed by atoms with E-state index < -0.39 is 11.9 Å². The van der Waals surface area contributed by atoms with Gasteiger partial charge in [0.25, 0.3) is 11.9 Å². The molecule has 0 aliphatic rings. The number of carboxylic acid groups (broad SMARTS) is 2. The lowest BCUT2D eigenvalue weighted by Crippen LogP contribution is -2.20. The molecule has 0 spiro atoms. The van der Waals surface area contributed by atoms with E-state index in [1.165, 1.54) is 0 Å². The highest BCUT2D eigenvalue weighted by Gasteiger charge is 2.19. The van der Waals surface area contributed by atoms with Gasteiger partial charge in [0.2, 0.25) is 0 Å². The average Bonchev–Trinajstić information content (AvgIpc) is 1.84. The Morgan fingerprint density at radius 2 is 1.58 bits per heavy atom. The lowest BCUT2D eigenvalue weighted by atomic mass is 9.42. The minimum absolute atomic E-state index is 0.0415. The van der Waals surface area contributed by atoms with Crippen LogP contribution in [-0.4, -0.2) is 28.9 Å². The van der Waals surface area contributed by atoms with Gasteiger partial charge >= 0.3 is 0 Å². The van der Waals surface area contributed by atoms with Crippen LogP contribution in [0.4, 0.5) is 0 Å². The highest BCUT2D eigenvalue weighted by atomic mass is 16.4. The molecule has 0 aliphatic carbocycles. The van der Waals surface area contributed by atoms with Gasteiger partial charge in [-0.2, -0.15) is 0 Å². The molecule has 0 amide bonds. The number of aliphatic carboxylic acids is 2. The van der Waals surface area contributed by atoms with Gasteiger partial charge in [-0.05, 0) is 0 Å². The van der Waals surface area contributed by atoms with Crippen LogP contribution in [0.3, 0.4) is 0 Å². The van der Waals surface area contributed by atoms with Gasteiger partial charge in [-0.25, -0.2) is 0 Å². The lowest BCUT2D eigenvalue weighted by molar-refractivity contribution is -0.134. The van der Waals surface area contributed by atoms with Crippen LogP contribution in [0.25, 0.3) is 0 Å². The summed E-state index contributed by atoms with van der Waals surface area (Å²) < 4.78 is 0. The Balaban J connectivity index is 3.85. The molecule has 5 heteroatoms. The van der Waals surface area contributed by atoms with E-state index in [2.05, 4.69) is 0 Å². The van der Waals surface area contributed by atoms with Crippen LogP contribution in [-0.2, 0) is 9.59 Å². The van der Waals surface area contributed by atoms with Gasteiger partial charge in [-0.3, -0.25) is 9.59 Å². The summed E-state index contributed by atoms with van der Waals surface area (Å²) in [7, 11) is 0. The van der Waals surface area contributed by atoms with E-state index in [4.69, 9.17) is 10.2 Å². The Morgan fingerprint density at radius 1 is 1.17 bits per heavy atom. The maximum absolute atomic E-state index is 10.3. The van der Waals surface area contributed by atoms with Crippen LogP contribution >= 0.6 is 0 Å². The maximum atomic E-state index is 10.3. The van der Waals surface area contributed by atoms with Gasteiger partial charge in [0.15, 0.2) is 6.71 Å². The van der Waals surface area contributed by atoms with Gasteiger partial charge in [0.1, 0.15) is 0 Å². The number of hydrogen-bond acceptors (Lipinski definition) is 2. The van der Waals surface area contributed by atoms with Crippen molar-refractivity contribution in [2.75, 3.05) is 0 Å². The maximum Gasteiger partial charge on any atom is 0.296 e. The molecular formula is C7H13BO4. The van der Waals surface area contributed by atoms with E-state index >= 15 is 0 Å². The molecule has 0 unspecified atom stereocenters. The van der Waals surface area contributed by atoms with Crippen molar-refractivity contribution in [2.24, 2.45) is 0 Å². The Hall–Kier alpha value is -0.995. The van der Waals surface area contributed by atoms with Gasteiger partial charge in [0.05, 0.1) is 0 Å². The second-order valence-corrected chi connectivity index (χ2v) is 2.85. The molecule has 0 atom stereocenters. The zero-order valence-corrected chi connectivity index (χ0v) is 7.12. The molecule has 0 fully saturated rings. The molecule has 0 rings (SSSR count). The van der Waals surface area contributed by atoms with Gasteiger partial charge in [-0.1, -0.05) is 19.7 Å². The Kier molecular flexibility index (Phi) is 5.16. The van der Waals surface area contributed by atoms with Crippen molar-refractivity contribution in [3.05, 3.63) is 0 Å². The second kappa shape index (κ2) is 5.63. The standard InChI is InChI=1S/C7H13BO4/c1-2-3-8(4-6(9)10)5-7(11)12/h2-5H2,1H3,(H,9,10)(H,11,12). The molecule has 0 aromatic heterocycles. The molecule has 2 N–H and O–H groups in total. The third kappa shape index (κ3) is 5.76. The Labute approximate surface area is 71.7 Å². The van der Waals surface area contributed by atoms with Crippen molar-refractivity contribution in [1.82, 2.24) is 0 Å². The number of carboxylic acids is 2. The molecule has 0 aromatic rings. The highest BCUT2D eigenvalue weighted by Crippen LogP contribution is 2.08. The first-order chi connectivity index (χ1) is 5.56. The van der Waals surface area contributed by atoms with Crippen LogP contribution in [0, 0.1) is 0 Å². The summed E-state index contributed by atoms with van der Waals surface area (Å²) in [6, 6.07) is 0. The van der Waals surface area contributed by atoms with E-state index in [1.54, 1.807) is 0 Å². The fourth-order valence-corrected chi connectivity index (χ4v) is 1.18. The van der Waals surface area contributed by atoms with Crippen molar-refractivity contribution in [1.29, 1.82) is 0 Å². The molecule has 68 valence electrons. The fourth-order valence-electron chi connectivity index (χ4n) is 1.18. The van der Waals surface area contributed by atoms with Crippen molar-refractivity contribution < 1.29 is 19.8 Å². The molecular weight excluding hydrogens is 159 g/mol. The zero-order valence-electron chi connectivity index (χ0n) is 7.12. The summed E-state index contributed by atoms with van der Waals surface area (Å²) in [5.74, 6) is -1.84. The fraction of sp³-hybridized carbons (Fsp3) is 0.714. The van der Waals surface area contributed by atoms with E-state index in [0.717, 1.165) is 6.42 Å². The monoisotopic (exact) mass is 172 g/mol. The first-order valence-electron chi connectivity index (χ1n) is 3.99. The third-order valence-corrected chi connectivity index (χ3v) is 1.62. The predicted molar refractivity (Wildman–Crippen MR) is 45.7 cm³/mol. The SMILES string of the molecule is CCCB(CC(=O)O)CC(=O)O. The van der Waals surface area contributed by atoms with Crippen molar-refractivity contribution in [3.63, 3.8) is 0 Å². The molecule has 12 heavy (non-hydrogen) atoms. The van der Waals surface area contributed by atoms with Crippen LogP contribution in [0.15, 0.2) is 0 Å². The smallest absolute Gasteiger partial charge is 0.296 e. The van der Waals surface area contributed by atoms with E-state index in [0.29, 0.717) is 6.32 Å². The summed E-state index contributed by atoms with van der Waals surface area (Å²) in [6.07, 6.45) is 1.41. The minimum atomic E-state index is -0.922. The number of rotatable bonds is 6. The largest absolute Gasteiger partial charge is 0.482 e. The summed E-state index contributed by atoms with van der Waals surface area (Å²) in [5, 5.41) is 16.9. The number of carbonyl (C=O) groups is 2. The first kappa shape index (κ1) is 11.0. The van der Waals surface area contributed by atoms with Crippen LogP contribution in [0.5, 0.6) is 0 Å². The van der Waals surface area contributed by atoms with E-state index in [9.17, 15) is 9.59 Å². The molecule has 0 heterocycles. The van der Waals surface area contributed by atoms with Gasteiger partial charge in [-0.15, -0.1) is 0 Å². The normalized spacial score (nSPS) is 9.42. The van der Waals surface area contributed by atoms with Crippen LogP contribution in [0.1, 0.15) is 13.3 Å². The van der Waals surface area contributed by atoms with E-state index in [1.807, 2.05) is 6.92 Å². The number of hydrogen-bond donors (Lipinski definition) is 2. The molecule has 0 saturated heterocycles. The van der Waals surface area contributed by atoms with E-state index in [-0.39, 0.29) is 19.4 Å². The third-order valence-electron chi connectivity index (χ3n) is 1.62. The second-order valence-electron chi connectivity index (χ2n) is 2.85. The topological polar surface area (TPSA) is 74.6 Å². The highest BCUT2D eigenvalue weighted by molar-refractivity contribution is 6.65. The van der Waals surface area contributed by atoms with Crippen LogP contribution in [0.2, 0.25) is 19.0 Å². The Morgan fingerprint density at radius 3 is 1.83 bits per heavy atom. The zero-order chi connectivity index (χ0) is 9.56. The molecule has 0 aromatic carbocycles. The van der Waals surface area contributed by atoms with Crippen molar-refractivity contribution in [2.45, 2.75) is 32.3 Å². The summed E-state index contributed by atoms with van der Waals surface area (Å²) in [4.78, 5) is 20.5. The minimum Gasteiger partial charge on any atom is -0.482 e. The summed E-state index contributed by atoms with van der Waals surface area (Å²) in [6.45, 7) is 1.70. The predicted octanol–water partition coefficient (Wildman–Crippen LogP) is 1.06. The lowest BCUT2D eigenvalue weighted by Gasteiger charge is -2.05. The summed E-state index contributed by atoms with van der Waals surface area (Å²) in [5.41, 5.74) is 0. The Bertz CT molecular complexity index is 153.